The van der Waals surface area contributed by atoms with Gasteiger partial charge in [-0.25, -0.2) is 0 Å². The predicted molar refractivity (Wildman–Crippen MR) is 40.0 cm³/mol. The van der Waals surface area contributed by atoms with Crippen LogP contribution in [0.4, 0.5) is 0 Å². The van der Waals surface area contributed by atoms with E-state index in [1.807, 2.05) is 13.8 Å². The Bertz CT molecular complexity index is 167. The summed E-state index contributed by atoms with van der Waals surface area (Å²) in [6.45, 7) is 5.48. The number of rotatable bonds is 3. The molecule has 3 heteroatoms. The SMILES string of the molecule is CC(C)OCC1(C#N)COC1. The third kappa shape index (κ3) is 1.92. The van der Waals surface area contributed by atoms with Gasteiger partial charge in [-0.2, -0.15) is 5.26 Å². The van der Waals surface area contributed by atoms with E-state index in [0.29, 0.717) is 19.8 Å². The molecular formula is C8H13NO2. The second-order valence-electron chi connectivity index (χ2n) is 3.24. The third-order valence-corrected chi connectivity index (χ3v) is 1.69. The highest BCUT2D eigenvalue weighted by Crippen LogP contribution is 2.26. The molecule has 0 radical (unpaired) electrons. The van der Waals surface area contributed by atoms with Crippen LogP contribution in [0.3, 0.4) is 0 Å². The fraction of sp³-hybridized carbons (Fsp3) is 0.875. The van der Waals surface area contributed by atoms with Crippen LogP contribution >= 0.6 is 0 Å². The Labute approximate surface area is 66.9 Å². The van der Waals surface area contributed by atoms with Crippen molar-refractivity contribution in [1.82, 2.24) is 0 Å². The van der Waals surface area contributed by atoms with E-state index in [2.05, 4.69) is 6.07 Å². The Morgan fingerprint density at radius 1 is 1.64 bits per heavy atom. The topological polar surface area (TPSA) is 42.2 Å². The maximum atomic E-state index is 8.74. The van der Waals surface area contributed by atoms with Gasteiger partial charge < -0.3 is 9.47 Å². The minimum atomic E-state index is -0.343. The largest absolute Gasteiger partial charge is 0.378 e. The van der Waals surface area contributed by atoms with Gasteiger partial charge in [0.05, 0.1) is 32.0 Å². The quantitative estimate of drug-likeness (QED) is 0.609. The van der Waals surface area contributed by atoms with Crippen LogP contribution in [-0.4, -0.2) is 25.9 Å². The summed E-state index contributed by atoms with van der Waals surface area (Å²) in [6, 6.07) is 2.22. The molecule has 62 valence electrons. The highest BCUT2D eigenvalue weighted by Gasteiger charge is 2.39. The van der Waals surface area contributed by atoms with Crippen molar-refractivity contribution in [3.05, 3.63) is 0 Å². The summed E-state index contributed by atoms with van der Waals surface area (Å²) in [5.41, 5.74) is -0.343. The van der Waals surface area contributed by atoms with Crippen molar-refractivity contribution in [1.29, 1.82) is 5.26 Å². The molecule has 0 bridgehead atoms. The number of hydrogen-bond acceptors (Lipinski definition) is 3. The molecule has 1 fully saturated rings. The Hall–Kier alpha value is -0.590. The van der Waals surface area contributed by atoms with E-state index in [1.54, 1.807) is 0 Å². The summed E-state index contributed by atoms with van der Waals surface area (Å²) in [6.07, 6.45) is 0.195. The Morgan fingerprint density at radius 3 is 2.55 bits per heavy atom. The number of nitrogens with zero attached hydrogens (tertiary/aromatic N) is 1. The van der Waals surface area contributed by atoms with Crippen LogP contribution in [0.1, 0.15) is 13.8 Å². The molecule has 0 N–H and O–H groups in total. The van der Waals surface area contributed by atoms with Crippen molar-refractivity contribution in [2.45, 2.75) is 20.0 Å². The molecule has 0 saturated carbocycles. The average molecular weight is 155 g/mol. The zero-order chi connectivity index (χ0) is 8.32. The molecule has 0 aromatic rings. The molecule has 0 atom stereocenters. The van der Waals surface area contributed by atoms with Crippen molar-refractivity contribution in [2.75, 3.05) is 19.8 Å². The first kappa shape index (κ1) is 8.51. The van der Waals surface area contributed by atoms with E-state index in [4.69, 9.17) is 14.7 Å². The maximum absolute atomic E-state index is 8.74. The van der Waals surface area contributed by atoms with E-state index < -0.39 is 0 Å². The first-order valence-electron chi connectivity index (χ1n) is 3.79. The lowest BCUT2D eigenvalue weighted by atomic mass is 9.89. The monoisotopic (exact) mass is 155 g/mol. The molecule has 1 aliphatic heterocycles. The zero-order valence-electron chi connectivity index (χ0n) is 6.96. The number of nitriles is 1. The van der Waals surface area contributed by atoms with Gasteiger partial charge in [-0.1, -0.05) is 0 Å². The second-order valence-corrected chi connectivity index (χ2v) is 3.24. The fourth-order valence-electron chi connectivity index (χ4n) is 0.855. The lowest BCUT2D eigenvalue weighted by Gasteiger charge is -2.34. The summed E-state index contributed by atoms with van der Waals surface area (Å²) < 4.78 is 10.3. The minimum absolute atomic E-state index is 0.195. The van der Waals surface area contributed by atoms with Gasteiger partial charge >= 0.3 is 0 Å². The van der Waals surface area contributed by atoms with Gasteiger partial charge in [-0.15, -0.1) is 0 Å². The third-order valence-electron chi connectivity index (χ3n) is 1.69. The van der Waals surface area contributed by atoms with Crippen LogP contribution in [0.15, 0.2) is 0 Å². The molecular weight excluding hydrogens is 142 g/mol. The Morgan fingerprint density at radius 2 is 2.27 bits per heavy atom. The van der Waals surface area contributed by atoms with Gasteiger partial charge in [0.15, 0.2) is 0 Å². The summed E-state index contributed by atoms with van der Waals surface area (Å²) in [7, 11) is 0. The first-order valence-corrected chi connectivity index (χ1v) is 3.79. The van der Waals surface area contributed by atoms with Crippen LogP contribution in [0.5, 0.6) is 0 Å². The molecule has 11 heavy (non-hydrogen) atoms. The zero-order valence-corrected chi connectivity index (χ0v) is 6.96. The van der Waals surface area contributed by atoms with Crippen LogP contribution in [0, 0.1) is 16.7 Å². The van der Waals surface area contributed by atoms with Gasteiger partial charge in [0.2, 0.25) is 0 Å². The lowest BCUT2D eigenvalue weighted by Crippen LogP contribution is -2.45. The molecule has 1 saturated heterocycles. The minimum Gasteiger partial charge on any atom is -0.378 e. The van der Waals surface area contributed by atoms with Crippen LogP contribution in [-0.2, 0) is 9.47 Å². The standard InChI is InChI=1S/C8H13NO2/c1-7(2)11-6-8(3-9)4-10-5-8/h7H,4-6H2,1-2H3. The lowest BCUT2D eigenvalue weighted by molar-refractivity contribution is -0.123. The van der Waals surface area contributed by atoms with Crippen LogP contribution in [0.25, 0.3) is 0 Å². The fourth-order valence-corrected chi connectivity index (χ4v) is 0.855. The van der Waals surface area contributed by atoms with E-state index >= 15 is 0 Å². The van der Waals surface area contributed by atoms with Gasteiger partial charge in [0.25, 0.3) is 0 Å². The van der Waals surface area contributed by atoms with E-state index in [0.717, 1.165) is 0 Å². The molecule has 1 heterocycles. The Kier molecular flexibility index (Phi) is 2.48. The van der Waals surface area contributed by atoms with Gasteiger partial charge in [0, 0.05) is 0 Å². The molecule has 3 nitrogen and oxygen atoms in total. The molecule has 1 aliphatic rings. The molecule has 0 spiro atoms. The predicted octanol–water partition coefficient (Wildman–Crippen LogP) is 0.952. The van der Waals surface area contributed by atoms with Gasteiger partial charge in [0.1, 0.15) is 5.41 Å². The smallest absolute Gasteiger partial charge is 0.127 e. The van der Waals surface area contributed by atoms with Crippen molar-refractivity contribution in [3.63, 3.8) is 0 Å². The van der Waals surface area contributed by atoms with Crippen LogP contribution < -0.4 is 0 Å². The normalized spacial score (nSPS) is 20.9. The van der Waals surface area contributed by atoms with E-state index in [-0.39, 0.29) is 11.5 Å². The maximum Gasteiger partial charge on any atom is 0.127 e. The van der Waals surface area contributed by atoms with Crippen LogP contribution in [0.2, 0.25) is 0 Å². The molecule has 1 rings (SSSR count). The molecule has 0 aliphatic carbocycles. The van der Waals surface area contributed by atoms with Gasteiger partial charge in [-0.3, -0.25) is 0 Å². The van der Waals surface area contributed by atoms with Crippen molar-refractivity contribution < 1.29 is 9.47 Å². The van der Waals surface area contributed by atoms with Crippen molar-refractivity contribution in [2.24, 2.45) is 5.41 Å². The second kappa shape index (κ2) is 3.21. The Balaban J connectivity index is 2.29. The number of hydrogen-bond donors (Lipinski definition) is 0. The van der Waals surface area contributed by atoms with Crippen molar-refractivity contribution >= 4 is 0 Å². The number of ether oxygens (including phenoxy) is 2. The van der Waals surface area contributed by atoms with Gasteiger partial charge in [-0.05, 0) is 13.8 Å². The average Bonchev–Trinajstić information content (AvgIpc) is 1.86. The summed E-state index contributed by atoms with van der Waals surface area (Å²) in [5.74, 6) is 0. The molecule has 0 unspecified atom stereocenters. The molecule has 0 aromatic carbocycles. The summed E-state index contributed by atoms with van der Waals surface area (Å²) in [4.78, 5) is 0. The van der Waals surface area contributed by atoms with Crippen molar-refractivity contribution in [3.8, 4) is 6.07 Å². The van der Waals surface area contributed by atoms with E-state index in [9.17, 15) is 0 Å². The highest BCUT2D eigenvalue weighted by molar-refractivity contribution is 5.03. The highest BCUT2D eigenvalue weighted by atomic mass is 16.5. The summed E-state index contributed by atoms with van der Waals surface area (Å²) >= 11 is 0. The van der Waals surface area contributed by atoms with E-state index in [1.165, 1.54) is 0 Å². The first-order chi connectivity index (χ1) is 5.18. The molecule has 0 amide bonds. The summed E-state index contributed by atoms with van der Waals surface area (Å²) in [5, 5.41) is 8.74. The molecule has 0 aromatic heterocycles.